The predicted molar refractivity (Wildman–Crippen MR) is 112 cm³/mol. The lowest BCUT2D eigenvalue weighted by Gasteiger charge is -2.11. The van der Waals surface area contributed by atoms with Gasteiger partial charge in [0.05, 0.1) is 16.6 Å². The van der Waals surface area contributed by atoms with Gasteiger partial charge in [0.15, 0.2) is 0 Å². The molecule has 2 aromatic carbocycles. The molecule has 0 bridgehead atoms. The summed E-state index contributed by atoms with van der Waals surface area (Å²) < 4.78 is 25.5. The van der Waals surface area contributed by atoms with Gasteiger partial charge in [0.1, 0.15) is 17.9 Å². The number of benzene rings is 2. The molecule has 0 spiro atoms. The van der Waals surface area contributed by atoms with Gasteiger partial charge in [-0.25, -0.2) is 4.39 Å². The van der Waals surface area contributed by atoms with Gasteiger partial charge in [-0.3, -0.25) is 0 Å². The van der Waals surface area contributed by atoms with Crippen molar-refractivity contribution in [1.29, 1.82) is 0 Å². The number of halogens is 2. The summed E-state index contributed by atoms with van der Waals surface area (Å²) in [5.74, 6) is 0.808. The van der Waals surface area contributed by atoms with E-state index < -0.39 is 0 Å². The van der Waals surface area contributed by atoms with E-state index in [1.807, 2.05) is 13.8 Å². The Morgan fingerprint density at radius 1 is 1.30 bits per heavy atom. The molecule has 0 atom stereocenters. The van der Waals surface area contributed by atoms with Crippen LogP contribution in [0.1, 0.15) is 25.8 Å². The van der Waals surface area contributed by atoms with Gasteiger partial charge in [0.2, 0.25) is 5.82 Å². The smallest absolute Gasteiger partial charge is 0.258 e. The van der Waals surface area contributed by atoms with Gasteiger partial charge in [0.25, 0.3) is 5.89 Å². The van der Waals surface area contributed by atoms with Gasteiger partial charge in [-0.15, -0.1) is 0 Å². The summed E-state index contributed by atoms with van der Waals surface area (Å²) in [5, 5.41) is 4.92. The number of carbonyl (C=O) groups is 1. The molecule has 0 aliphatic rings. The summed E-state index contributed by atoms with van der Waals surface area (Å²) in [7, 11) is 0. The molecule has 0 aliphatic carbocycles. The second-order valence-electron chi connectivity index (χ2n) is 7.10. The van der Waals surface area contributed by atoms with E-state index in [-0.39, 0.29) is 17.8 Å². The Hall–Kier alpha value is -3.19. The van der Waals surface area contributed by atoms with Gasteiger partial charge in [-0.05, 0) is 56.2 Å². The fourth-order valence-electron chi connectivity index (χ4n) is 3.30. The minimum absolute atomic E-state index is 0.00135. The van der Waals surface area contributed by atoms with E-state index >= 15 is 0 Å². The number of aromatic amines is 1. The predicted octanol–water partition coefficient (Wildman–Crippen LogP) is 5.60. The van der Waals surface area contributed by atoms with Crippen LogP contribution in [0.25, 0.3) is 33.7 Å². The van der Waals surface area contributed by atoms with Gasteiger partial charge < -0.3 is 19.0 Å². The molecule has 0 saturated carbocycles. The molecule has 154 valence electrons. The zero-order valence-electron chi connectivity index (χ0n) is 16.4. The SMILES string of the molecule is CC(C)Oc1ccc(-c2nc(-c3ccc(F)c4c(CCC=O)c[nH]c34)no2)cc1Cl. The quantitative estimate of drug-likeness (QED) is 0.388. The van der Waals surface area contributed by atoms with Crippen molar-refractivity contribution in [2.24, 2.45) is 0 Å². The zero-order valence-corrected chi connectivity index (χ0v) is 17.2. The molecule has 4 aromatic rings. The van der Waals surface area contributed by atoms with Crippen molar-refractivity contribution in [3.8, 4) is 28.6 Å². The molecule has 0 saturated heterocycles. The molecule has 2 aromatic heterocycles. The first-order chi connectivity index (χ1) is 14.5. The first-order valence-corrected chi connectivity index (χ1v) is 9.88. The van der Waals surface area contributed by atoms with Crippen LogP contribution in [0.5, 0.6) is 5.75 Å². The number of ether oxygens (including phenoxy) is 1. The molecule has 8 heteroatoms. The number of fused-ring (bicyclic) bond motifs is 1. The van der Waals surface area contributed by atoms with Crippen LogP contribution in [0.3, 0.4) is 0 Å². The zero-order chi connectivity index (χ0) is 21.3. The van der Waals surface area contributed by atoms with Crippen LogP contribution >= 0.6 is 11.6 Å². The molecule has 0 fully saturated rings. The molecule has 1 N–H and O–H groups in total. The number of aryl methyl sites for hydroxylation is 1. The lowest BCUT2D eigenvalue weighted by Crippen LogP contribution is -2.05. The maximum atomic E-state index is 14.4. The number of rotatable bonds is 7. The topological polar surface area (TPSA) is 81.0 Å². The molecule has 0 amide bonds. The second kappa shape index (κ2) is 8.28. The van der Waals surface area contributed by atoms with Crippen molar-refractivity contribution < 1.29 is 18.4 Å². The average molecular weight is 428 g/mol. The van der Waals surface area contributed by atoms with Gasteiger partial charge >= 0.3 is 0 Å². The Kier molecular flexibility index (Phi) is 5.55. The molecule has 0 aliphatic heterocycles. The Bertz CT molecular complexity index is 1220. The number of aromatic nitrogens is 3. The standard InChI is InChI=1S/C22H19ClFN3O3/c1-12(2)29-18-8-5-13(10-16(18)23)22-26-21(27-30-22)15-6-7-17(24)19-14(4-3-9-28)11-25-20(15)19/h5-12,25H,3-4H2,1-2H3. The van der Waals surface area contributed by atoms with E-state index in [2.05, 4.69) is 15.1 Å². The Balaban J connectivity index is 1.70. The first kappa shape index (κ1) is 20.1. The van der Waals surface area contributed by atoms with Crippen LogP contribution in [0.2, 0.25) is 5.02 Å². The fourth-order valence-corrected chi connectivity index (χ4v) is 3.53. The van der Waals surface area contributed by atoms with E-state index in [0.717, 1.165) is 11.8 Å². The number of aldehydes is 1. The highest BCUT2D eigenvalue weighted by Crippen LogP contribution is 2.34. The van der Waals surface area contributed by atoms with E-state index in [4.69, 9.17) is 20.9 Å². The minimum Gasteiger partial charge on any atom is -0.489 e. The van der Waals surface area contributed by atoms with Crippen LogP contribution in [0, 0.1) is 5.82 Å². The average Bonchev–Trinajstić information content (AvgIpc) is 3.36. The number of carbonyl (C=O) groups excluding carboxylic acids is 1. The van der Waals surface area contributed by atoms with Crippen molar-refractivity contribution in [2.75, 3.05) is 0 Å². The number of nitrogens with one attached hydrogen (secondary N) is 1. The Morgan fingerprint density at radius 2 is 2.13 bits per heavy atom. The van der Waals surface area contributed by atoms with Crippen LogP contribution in [0.15, 0.2) is 41.1 Å². The highest BCUT2D eigenvalue weighted by atomic mass is 35.5. The third kappa shape index (κ3) is 3.80. The Morgan fingerprint density at radius 3 is 2.87 bits per heavy atom. The third-order valence-electron chi connectivity index (χ3n) is 4.61. The highest BCUT2D eigenvalue weighted by molar-refractivity contribution is 6.32. The van der Waals surface area contributed by atoms with Gasteiger partial charge in [-0.2, -0.15) is 4.98 Å². The van der Waals surface area contributed by atoms with Crippen LogP contribution in [0.4, 0.5) is 4.39 Å². The van der Waals surface area contributed by atoms with Crippen molar-refractivity contribution >= 4 is 28.8 Å². The molecule has 0 unspecified atom stereocenters. The minimum atomic E-state index is -0.368. The molecular weight excluding hydrogens is 409 g/mol. The molecule has 4 rings (SSSR count). The molecule has 0 radical (unpaired) electrons. The van der Waals surface area contributed by atoms with E-state index in [0.29, 0.717) is 51.5 Å². The van der Waals surface area contributed by atoms with Crippen LogP contribution in [-0.4, -0.2) is 27.5 Å². The summed E-state index contributed by atoms with van der Waals surface area (Å²) in [6, 6.07) is 8.19. The number of nitrogens with zero attached hydrogens (tertiary/aromatic N) is 2. The maximum Gasteiger partial charge on any atom is 0.258 e. The van der Waals surface area contributed by atoms with E-state index in [9.17, 15) is 9.18 Å². The summed E-state index contributed by atoms with van der Waals surface area (Å²) in [6.07, 6.45) is 3.29. The summed E-state index contributed by atoms with van der Waals surface area (Å²) in [5.41, 5.74) is 2.53. The lowest BCUT2D eigenvalue weighted by atomic mass is 10.0. The van der Waals surface area contributed by atoms with Crippen LogP contribution in [-0.2, 0) is 11.2 Å². The lowest BCUT2D eigenvalue weighted by molar-refractivity contribution is -0.107. The summed E-state index contributed by atoms with van der Waals surface area (Å²) in [6.45, 7) is 3.84. The Labute approximate surface area is 177 Å². The first-order valence-electron chi connectivity index (χ1n) is 9.50. The normalized spacial score (nSPS) is 11.4. The number of hydrogen-bond acceptors (Lipinski definition) is 5. The molecule has 6 nitrogen and oxygen atoms in total. The van der Waals surface area contributed by atoms with Crippen molar-refractivity contribution in [3.63, 3.8) is 0 Å². The van der Waals surface area contributed by atoms with Crippen LogP contribution < -0.4 is 4.74 Å². The molecule has 30 heavy (non-hydrogen) atoms. The largest absolute Gasteiger partial charge is 0.489 e. The third-order valence-corrected chi connectivity index (χ3v) is 4.90. The van der Waals surface area contributed by atoms with Gasteiger partial charge in [0, 0.05) is 29.1 Å². The van der Waals surface area contributed by atoms with Crippen molar-refractivity contribution in [1.82, 2.24) is 15.1 Å². The molecular formula is C22H19ClFN3O3. The van der Waals surface area contributed by atoms with Crippen molar-refractivity contribution in [2.45, 2.75) is 32.8 Å². The summed E-state index contributed by atoms with van der Waals surface area (Å²) in [4.78, 5) is 18.2. The number of H-pyrrole nitrogens is 1. The monoisotopic (exact) mass is 427 g/mol. The fraction of sp³-hybridized carbons (Fsp3) is 0.227. The highest BCUT2D eigenvalue weighted by Gasteiger charge is 2.18. The van der Waals surface area contributed by atoms with E-state index in [1.54, 1.807) is 30.5 Å². The molecule has 2 heterocycles. The van der Waals surface area contributed by atoms with E-state index in [1.165, 1.54) is 6.07 Å². The second-order valence-corrected chi connectivity index (χ2v) is 7.51. The summed E-state index contributed by atoms with van der Waals surface area (Å²) >= 11 is 6.30. The van der Waals surface area contributed by atoms with Crippen molar-refractivity contribution in [3.05, 3.63) is 52.9 Å². The maximum absolute atomic E-state index is 14.4. The number of hydrogen-bond donors (Lipinski definition) is 1. The van der Waals surface area contributed by atoms with Gasteiger partial charge in [-0.1, -0.05) is 16.8 Å².